The highest BCUT2D eigenvalue weighted by Crippen LogP contribution is 2.23. The maximum Gasteiger partial charge on any atom is 0.191 e. The minimum Gasteiger partial charge on any atom is -0.497 e. The van der Waals surface area contributed by atoms with Crippen LogP contribution in [0.25, 0.3) is 5.69 Å². The second-order valence-corrected chi connectivity index (χ2v) is 6.61. The van der Waals surface area contributed by atoms with Gasteiger partial charge >= 0.3 is 0 Å². The molecular formula is C16H20N6OS. The predicted octanol–water partition coefficient (Wildman–Crippen LogP) is 2.82. The molecule has 3 aromatic rings. The number of aryl methyl sites for hydroxylation is 1. The van der Waals surface area contributed by atoms with Gasteiger partial charge in [-0.05, 0) is 24.3 Å². The smallest absolute Gasteiger partial charge is 0.191 e. The molecule has 0 aliphatic carbocycles. The molecule has 0 radical (unpaired) electrons. The van der Waals surface area contributed by atoms with Crippen molar-refractivity contribution in [3.63, 3.8) is 0 Å². The van der Waals surface area contributed by atoms with Crippen molar-refractivity contribution in [3.8, 4) is 11.4 Å². The molecular weight excluding hydrogens is 324 g/mol. The van der Waals surface area contributed by atoms with Gasteiger partial charge in [0, 0.05) is 13.0 Å². The number of rotatable bonds is 6. The zero-order chi connectivity index (χ0) is 17.1. The molecule has 0 amide bonds. The molecule has 0 N–H and O–H groups in total. The predicted molar refractivity (Wildman–Crippen MR) is 92.6 cm³/mol. The van der Waals surface area contributed by atoms with E-state index in [2.05, 4.69) is 29.1 Å². The topological polar surface area (TPSA) is 70.7 Å². The van der Waals surface area contributed by atoms with E-state index in [1.54, 1.807) is 25.2 Å². The monoisotopic (exact) mass is 344 g/mol. The van der Waals surface area contributed by atoms with Crippen molar-refractivity contribution >= 4 is 11.8 Å². The van der Waals surface area contributed by atoms with Gasteiger partial charge in [0.05, 0.1) is 18.6 Å². The Morgan fingerprint density at radius 1 is 1.21 bits per heavy atom. The van der Waals surface area contributed by atoms with Crippen molar-refractivity contribution in [2.24, 2.45) is 7.05 Å². The van der Waals surface area contributed by atoms with E-state index in [0.29, 0.717) is 5.75 Å². The van der Waals surface area contributed by atoms with Gasteiger partial charge in [-0.2, -0.15) is 5.10 Å². The lowest BCUT2D eigenvalue weighted by Crippen LogP contribution is -2.03. The Kier molecular flexibility index (Phi) is 4.84. The lowest BCUT2D eigenvalue weighted by atomic mass is 10.2. The highest BCUT2D eigenvalue weighted by atomic mass is 32.2. The Morgan fingerprint density at radius 2 is 1.96 bits per heavy atom. The van der Waals surface area contributed by atoms with Gasteiger partial charge in [0.15, 0.2) is 11.0 Å². The third-order valence-electron chi connectivity index (χ3n) is 3.52. The number of methoxy groups -OCH3 is 1. The SMILES string of the molecule is COc1ccc(-n2nc(C(C)C)nc2CSc2nncn2C)cc1. The van der Waals surface area contributed by atoms with Crippen LogP contribution in [0.2, 0.25) is 0 Å². The van der Waals surface area contributed by atoms with Crippen LogP contribution in [0.4, 0.5) is 0 Å². The normalized spacial score (nSPS) is 11.2. The van der Waals surface area contributed by atoms with Gasteiger partial charge in [-0.3, -0.25) is 0 Å². The summed E-state index contributed by atoms with van der Waals surface area (Å²) in [4.78, 5) is 4.70. The summed E-state index contributed by atoms with van der Waals surface area (Å²) in [5.41, 5.74) is 0.962. The molecule has 3 rings (SSSR count). The fourth-order valence-electron chi connectivity index (χ4n) is 2.16. The molecule has 2 aromatic heterocycles. The number of thioether (sulfide) groups is 1. The molecule has 7 nitrogen and oxygen atoms in total. The van der Waals surface area contributed by atoms with Gasteiger partial charge in [0.25, 0.3) is 0 Å². The average Bonchev–Trinajstić information content (AvgIpc) is 3.19. The van der Waals surface area contributed by atoms with Crippen molar-refractivity contribution < 1.29 is 4.74 Å². The van der Waals surface area contributed by atoms with Crippen LogP contribution < -0.4 is 4.74 Å². The molecule has 8 heteroatoms. The van der Waals surface area contributed by atoms with E-state index in [0.717, 1.165) is 28.2 Å². The first-order valence-electron chi connectivity index (χ1n) is 7.65. The van der Waals surface area contributed by atoms with E-state index in [4.69, 9.17) is 9.72 Å². The van der Waals surface area contributed by atoms with Crippen molar-refractivity contribution in [2.75, 3.05) is 7.11 Å². The summed E-state index contributed by atoms with van der Waals surface area (Å²) < 4.78 is 9.00. The molecule has 0 bridgehead atoms. The number of ether oxygens (including phenoxy) is 1. The molecule has 0 saturated heterocycles. The summed E-state index contributed by atoms with van der Waals surface area (Å²) in [6, 6.07) is 7.81. The van der Waals surface area contributed by atoms with E-state index in [-0.39, 0.29) is 5.92 Å². The molecule has 126 valence electrons. The molecule has 0 saturated carbocycles. The van der Waals surface area contributed by atoms with Crippen LogP contribution in [0.1, 0.15) is 31.4 Å². The van der Waals surface area contributed by atoms with E-state index in [9.17, 15) is 0 Å². The third kappa shape index (κ3) is 3.43. The number of nitrogens with zero attached hydrogens (tertiary/aromatic N) is 6. The van der Waals surface area contributed by atoms with Gasteiger partial charge in [-0.15, -0.1) is 10.2 Å². The van der Waals surface area contributed by atoms with Gasteiger partial charge in [0.2, 0.25) is 0 Å². The van der Waals surface area contributed by atoms with Gasteiger partial charge in [-0.25, -0.2) is 9.67 Å². The summed E-state index contributed by atoms with van der Waals surface area (Å²) >= 11 is 1.59. The van der Waals surface area contributed by atoms with Crippen LogP contribution in [0.5, 0.6) is 5.75 Å². The molecule has 0 fully saturated rings. The van der Waals surface area contributed by atoms with Gasteiger partial charge in [0.1, 0.15) is 17.9 Å². The third-order valence-corrected chi connectivity index (χ3v) is 4.55. The first-order valence-corrected chi connectivity index (χ1v) is 8.64. The van der Waals surface area contributed by atoms with E-state index in [1.807, 2.05) is 40.6 Å². The van der Waals surface area contributed by atoms with Crippen LogP contribution in [0, 0.1) is 0 Å². The molecule has 1 aromatic carbocycles. The zero-order valence-corrected chi connectivity index (χ0v) is 15.0. The van der Waals surface area contributed by atoms with E-state index >= 15 is 0 Å². The fourth-order valence-corrected chi connectivity index (χ4v) is 2.96. The number of hydrogen-bond acceptors (Lipinski definition) is 6. The van der Waals surface area contributed by atoms with Crippen LogP contribution in [0.15, 0.2) is 35.7 Å². The molecule has 2 heterocycles. The van der Waals surface area contributed by atoms with Crippen LogP contribution >= 0.6 is 11.8 Å². The number of benzene rings is 1. The Balaban J connectivity index is 1.90. The summed E-state index contributed by atoms with van der Waals surface area (Å²) in [6.45, 7) is 4.18. The lowest BCUT2D eigenvalue weighted by molar-refractivity contribution is 0.414. The molecule has 0 atom stereocenters. The molecule has 0 aliphatic heterocycles. The van der Waals surface area contributed by atoms with Crippen LogP contribution in [-0.2, 0) is 12.8 Å². The lowest BCUT2D eigenvalue weighted by Gasteiger charge is -2.06. The standard InChI is InChI=1S/C16H20N6OS/c1-11(2)15-18-14(9-24-16-19-17-10-21(16)3)22(20-15)12-5-7-13(23-4)8-6-12/h5-8,10-11H,9H2,1-4H3. The van der Waals surface area contributed by atoms with Crippen molar-refractivity contribution in [1.29, 1.82) is 0 Å². The number of aromatic nitrogens is 6. The fraction of sp³-hybridized carbons (Fsp3) is 0.375. The second-order valence-electron chi connectivity index (χ2n) is 5.66. The first kappa shape index (κ1) is 16.5. The summed E-state index contributed by atoms with van der Waals surface area (Å²) in [5, 5.41) is 13.5. The van der Waals surface area contributed by atoms with Crippen LogP contribution in [0.3, 0.4) is 0 Å². The van der Waals surface area contributed by atoms with Gasteiger partial charge < -0.3 is 9.30 Å². The highest BCUT2D eigenvalue weighted by Gasteiger charge is 2.15. The Morgan fingerprint density at radius 3 is 2.54 bits per heavy atom. The molecule has 0 spiro atoms. The summed E-state index contributed by atoms with van der Waals surface area (Å²) in [5.74, 6) is 3.47. The summed E-state index contributed by atoms with van der Waals surface area (Å²) in [6.07, 6.45) is 1.69. The Labute approximate surface area is 145 Å². The van der Waals surface area contributed by atoms with E-state index < -0.39 is 0 Å². The first-order chi connectivity index (χ1) is 11.6. The van der Waals surface area contributed by atoms with Crippen LogP contribution in [-0.4, -0.2) is 36.6 Å². The maximum absolute atomic E-state index is 5.22. The second kappa shape index (κ2) is 7.04. The quantitative estimate of drug-likeness (QED) is 0.640. The zero-order valence-electron chi connectivity index (χ0n) is 14.2. The minimum atomic E-state index is 0.267. The van der Waals surface area contributed by atoms with Crippen molar-refractivity contribution in [3.05, 3.63) is 42.2 Å². The molecule has 0 aliphatic rings. The summed E-state index contributed by atoms with van der Waals surface area (Å²) in [7, 11) is 3.58. The maximum atomic E-state index is 5.22. The van der Waals surface area contributed by atoms with Crippen molar-refractivity contribution in [1.82, 2.24) is 29.5 Å². The van der Waals surface area contributed by atoms with Gasteiger partial charge in [-0.1, -0.05) is 25.6 Å². The molecule has 24 heavy (non-hydrogen) atoms. The highest BCUT2D eigenvalue weighted by molar-refractivity contribution is 7.98. The van der Waals surface area contributed by atoms with E-state index in [1.165, 1.54) is 0 Å². The largest absolute Gasteiger partial charge is 0.497 e. The average molecular weight is 344 g/mol. The number of hydrogen-bond donors (Lipinski definition) is 0. The Hall–Kier alpha value is -2.35. The minimum absolute atomic E-state index is 0.267. The van der Waals surface area contributed by atoms with Crippen molar-refractivity contribution in [2.45, 2.75) is 30.7 Å². The molecule has 0 unspecified atom stereocenters. The Bertz CT molecular complexity index is 808.